The summed E-state index contributed by atoms with van der Waals surface area (Å²) in [6.07, 6.45) is 5.15. The second kappa shape index (κ2) is 7.74. The van der Waals surface area contributed by atoms with Crippen LogP contribution in [0.15, 0.2) is 55.0 Å². The van der Waals surface area contributed by atoms with Gasteiger partial charge in [-0.3, -0.25) is 10.1 Å². The number of benzene rings is 1. The molecule has 0 radical (unpaired) electrons. The molecule has 0 aliphatic rings. The van der Waals surface area contributed by atoms with Crippen LogP contribution in [-0.2, 0) is 0 Å². The largest absolute Gasteiger partial charge is 0.376 e. The number of hydrogen-bond acceptors (Lipinski definition) is 6. The number of nitrogens with one attached hydrogen (secondary N) is 2. The standard InChI is InChI=1S/C25H20FN7S/c1-13-4-7-19(34-13)17-8-9-28-24-22(17)29-25(30-24)23-20-18(31-32-23)6-5-16(21(20)26)14-10-15(33(2)3)12-27-11-14/h4-12H,1-3H3,(H,31,32)(H,28,29,30). The summed E-state index contributed by atoms with van der Waals surface area (Å²) in [7, 11) is 3.85. The van der Waals surface area contributed by atoms with Crippen LogP contribution < -0.4 is 4.90 Å². The van der Waals surface area contributed by atoms with E-state index in [1.807, 2.05) is 37.2 Å². The van der Waals surface area contributed by atoms with Gasteiger partial charge in [-0.2, -0.15) is 5.10 Å². The first-order valence-electron chi connectivity index (χ1n) is 10.7. The Kier molecular flexibility index (Phi) is 4.66. The number of aryl methyl sites for hydroxylation is 1. The average Bonchev–Trinajstić information content (AvgIpc) is 3.56. The third-order valence-corrected chi connectivity index (χ3v) is 6.87. The number of pyridine rings is 2. The first-order valence-corrected chi connectivity index (χ1v) is 11.5. The third kappa shape index (κ3) is 3.24. The molecule has 6 aromatic rings. The van der Waals surface area contributed by atoms with E-state index in [0.29, 0.717) is 39.2 Å². The molecular formula is C25H20FN7S. The molecule has 0 aliphatic carbocycles. The van der Waals surface area contributed by atoms with Crippen molar-refractivity contribution in [2.45, 2.75) is 6.92 Å². The van der Waals surface area contributed by atoms with Gasteiger partial charge < -0.3 is 9.88 Å². The van der Waals surface area contributed by atoms with Gasteiger partial charge in [0.25, 0.3) is 0 Å². The highest BCUT2D eigenvalue weighted by atomic mass is 32.1. The first kappa shape index (κ1) is 20.5. The molecule has 0 saturated carbocycles. The molecule has 6 rings (SSSR count). The Morgan fingerprint density at radius 3 is 2.71 bits per heavy atom. The number of aromatic nitrogens is 6. The van der Waals surface area contributed by atoms with E-state index in [9.17, 15) is 0 Å². The average molecular weight is 470 g/mol. The lowest BCUT2D eigenvalue weighted by Gasteiger charge is -2.13. The van der Waals surface area contributed by atoms with Crippen LogP contribution in [0.3, 0.4) is 0 Å². The van der Waals surface area contributed by atoms with Crippen LogP contribution in [-0.4, -0.2) is 44.2 Å². The number of aromatic amines is 2. The zero-order valence-electron chi connectivity index (χ0n) is 18.7. The van der Waals surface area contributed by atoms with Gasteiger partial charge in [-0.15, -0.1) is 11.3 Å². The normalized spacial score (nSPS) is 11.5. The molecule has 0 atom stereocenters. The van der Waals surface area contributed by atoms with Gasteiger partial charge in [0.05, 0.1) is 28.3 Å². The molecule has 5 aromatic heterocycles. The minimum absolute atomic E-state index is 0.374. The van der Waals surface area contributed by atoms with Crippen molar-refractivity contribution in [3.05, 3.63) is 65.7 Å². The van der Waals surface area contributed by atoms with Gasteiger partial charge in [0.1, 0.15) is 11.5 Å². The Bertz CT molecular complexity index is 1680. The van der Waals surface area contributed by atoms with Gasteiger partial charge in [-0.05, 0) is 43.3 Å². The lowest BCUT2D eigenvalue weighted by Crippen LogP contribution is -2.08. The van der Waals surface area contributed by atoms with Crippen molar-refractivity contribution < 1.29 is 4.39 Å². The van der Waals surface area contributed by atoms with Crippen molar-refractivity contribution in [2.75, 3.05) is 19.0 Å². The second-order valence-corrected chi connectivity index (χ2v) is 9.59. The molecule has 0 unspecified atom stereocenters. The summed E-state index contributed by atoms with van der Waals surface area (Å²) in [6, 6.07) is 11.6. The Morgan fingerprint density at radius 2 is 1.91 bits per heavy atom. The second-order valence-electron chi connectivity index (χ2n) is 8.30. The fourth-order valence-corrected chi connectivity index (χ4v) is 4.99. The monoisotopic (exact) mass is 469 g/mol. The van der Waals surface area contributed by atoms with Gasteiger partial charge in [-0.25, -0.2) is 14.4 Å². The number of imidazole rings is 1. The summed E-state index contributed by atoms with van der Waals surface area (Å²) in [5, 5.41) is 7.71. The van der Waals surface area contributed by atoms with Crippen LogP contribution >= 0.6 is 11.3 Å². The van der Waals surface area contributed by atoms with Gasteiger partial charge in [-0.1, -0.05) is 0 Å². The minimum Gasteiger partial charge on any atom is -0.376 e. The third-order valence-electron chi connectivity index (χ3n) is 5.84. The number of halogens is 1. The van der Waals surface area contributed by atoms with E-state index >= 15 is 4.39 Å². The predicted molar refractivity (Wildman–Crippen MR) is 135 cm³/mol. The van der Waals surface area contributed by atoms with Crippen molar-refractivity contribution in [3.63, 3.8) is 0 Å². The molecule has 5 heterocycles. The lowest BCUT2D eigenvalue weighted by molar-refractivity contribution is 0.643. The maximum atomic E-state index is 15.9. The maximum absolute atomic E-state index is 15.9. The Labute approximate surface area is 198 Å². The van der Waals surface area contributed by atoms with Crippen molar-refractivity contribution in [1.29, 1.82) is 0 Å². The summed E-state index contributed by atoms with van der Waals surface area (Å²) >= 11 is 1.70. The molecule has 1 aromatic carbocycles. The maximum Gasteiger partial charge on any atom is 0.178 e. The number of rotatable bonds is 4. The summed E-state index contributed by atoms with van der Waals surface area (Å²) in [5.74, 6) is 0.0900. The van der Waals surface area contributed by atoms with Crippen molar-refractivity contribution >= 4 is 39.1 Å². The van der Waals surface area contributed by atoms with Gasteiger partial charge in [0.2, 0.25) is 0 Å². The van der Waals surface area contributed by atoms with E-state index in [2.05, 4.69) is 49.2 Å². The number of nitrogens with zero attached hydrogens (tertiary/aromatic N) is 5. The smallest absolute Gasteiger partial charge is 0.178 e. The van der Waals surface area contributed by atoms with E-state index in [1.165, 1.54) is 4.88 Å². The zero-order valence-corrected chi connectivity index (χ0v) is 19.5. The predicted octanol–water partition coefficient (Wildman–Crippen LogP) is 5.81. The van der Waals surface area contributed by atoms with Crippen LogP contribution in [0.5, 0.6) is 0 Å². The Balaban J connectivity index is 1.52. The van der Waals surface area contributed by atoms with Crippen LogP contribution in [0.1, 0.15) is 4.88 Å². The van der Waals surface area contributed by atoms with Crippen LogP contribution in [0.2, 0.25) is 0 Å². The molecule has 2 N–H and O–H groups in total. The Morgan fingerprint density at radius 1 is 1.03 bits per heavy atom. The summed E-state index contributed by atoms with van der Waals surface area (Å²) in [5.41, 5.74) is 5.42. The summed E-state index contributed by atoms with van der Waals surface area (Å²) < 4.78 is 15.9. The first-order chi connectivity index (χ1) is 16.5. The molecular weight excluding hydrogens is 449 g/mol. The molecule has 0 fully saturated rings. The SMILES string of the molecule is Cc1ccc(-c2ccnc3nc(-c4n[nH]c5ccc(-c6cncc(N(C)C)c6)c(F)c45)[nH]c23)s1. The fourth-order valence-electron chi connectivity index (χ4n) is 4.09. The highest BCUT2D eigenvalue weighted by Crippen LogP contribution is 2.36. The minimum atomic E-state index is -0.374. The molecule has 0 amide bonds. The number of fused-ring (bicyclic) bond motifs is 2. The highest BCUT2D eigenvalue weighted by Gasteiger charge is 2.21. The summed E-state index contributed by atoms with van der Waals surface area (Å²) in [4.78, 5) is 21.0. The van der Waals surface area contributed by atoms with E-state index in [-0.39, 0.29) is 5.82 Å². The molecule has 168 valence electrons. The van der Waals surface area contributed by atoms with E-state index in [0.717, 1.165) is 21.6 Å². The fraction of sp³-hybridized carbons (Fsp3) is 0.120. The molecule has 7 nitrogen and oxygen atoms in total. The van der Waals surface area contributed by atoms with Gasteiger partial charge >= 0.3 is 0 Å². The number of thiophene rings is 1. The molecule has 0 aliphatic heterocycles. The Hall–Kier alpha value is -4.11. The highest BCUT2D eigenvalue weighted by molar-refractivity contribution is 7.15. The number of anilines is 1. The van der Waals surface area contributed by atoms with Gasteiger partial charge in [0, 0.05) is 52.9 Å². The van der Waals surface area contributed by atoms with Crippen molar-refractivity contribution in [1.82, 2.24) is 30.1 Å². The lowest BCUT2D eigenvalue weighted by atomic mass is 10.0. The molecule has 0 saturated heterocycles. The van der Waals surface area contributed by atoms with E-state index in [4.69, 9.17) is 0 Å². The van der Waals surface area contributed by atoms with Gasteiger partial charge in [0.15, 0.2) is 11.5 Å². The molecule has 0 spiro atoms. The van der Waals surface area contributed by atoms with E-state index < -0.39 is 0 Å². The van der Waals surface area contributed by atoms with Crippen molar-refractivity contribution in [3.8, 4) is 33.1 Å². The quantitative estimate of drug-likeness (QED) is 0.340. The topological polar surface area (TPSA) is 86.4 Å². The molecule has 9 heteroatoms. The zero-order chi connectivity index (χ0) is 23.4. The van der Waals surface area contributed by atoms with Crippen molar-refractivity contribution in [2.24, 2.45) is 0 Å². The molecule has 0 bridgehead atoms. The number of H-pyrrole nitrogens is 2. The van der Waals surface area contributed by atoms with E-state index in [1.54, 1.807) is 36.0 Å². The summed E-state index contributed by atoms with van der Waals surface area (Å²) in [6.45, 7) is 2.07. The van der Waals surface area contributed by atoms with Crippen LogP contribution in [0.4, 0.5) is 10.1 Å². The molecule has 34 heavy (non-hydrogen) atoms. The van der Waals surface area contributed by atoms with Crippen LogP contribution in [0, 0.1) is 12.7 Å². The number of hydrogen-bond donors (Lipinski definition) is 2. The van der Waals surface area contributed by atoms with Crippen LogP contribution in [0.25, 0.3) is 55.2 Å².